The molecule has 5 nitrogen and oxygen atoms in total. The predicted octanol–water partition coefficient (Wildman–Crippen LogP) is 1.83. The minimum absolute atomic E-state index is 0.199. The van der Waals surface area contributed by atoms with Crippen LogP contribution in [0.5, 0.6) is 0 Å². The zero-order valence-corrected chi connectivity index (χ0v) is 8.50. The quantitative estimate of drug-likeness (QED) is 0.784. The number of rotatable bonds is 2. The molecule has 0 saturated heterocycles. The molecule has 0 aliphatic carbocycles. The van der Waals surface area contributed by atoms with E-state index < -0.39 is 0 Å². The van der Waals surface area contributed by atoms with Crippen molar-refractivity contribution >= 4 is 28.7 Å². The highest BCUT2D eigenvalue weighted by Gasteiger charge is 2.06. The third-order valence-electron chi connectivity index (χ3n) is 1.96. The van der Waals surface area contributed by atoms with Gasteiger partial charge in [0.1, 0.15) is 5.52 Å². The molecule has 78 valence electrons. The Balaban J connectivity index is 2.42. The van der Waals surface area contributed by atoms with Gasteiger partial charge in [-0.1, -0.05) is 0 Å². The monoisotopic (exact) mass is 205 g/mol. The maximum Gasteiger partial charge on any atom is 0.302 e. The van der Waals surface area contributed by atoms with Gasteiger partial charge >= 0.3 is 6.01 Å². The van der Waals surface area contributed by atoms with Crippen LogP contribution in [-0.2, 0) is 4.79 Å². The molecule has 1 heterocycles. The van der Waals surface area contributed by atoms with E-state index in [4.69, 9.17) is 4.42 Å². The van der Waals surface area contributed by atoms with Crippen molar-refractivity contribution in [3.8, 4) is 0 Å². The molecule has 15 heavy (non-hydrogen) atoms. The summed E-state index contributed by atoms with van der Waals surface area (Å²) in [7, 11) is 1.83. The Morgan fingerprint density at radius 2 is 2.27 bits per heavy atom. The molecular weight excluding hydrogens is 194 g/mol. The minimum Gasteiger partial charge on any atom is -0.423 e. The Kier molecular flexibility index (Phi) is 2.29. The highest BCUT2D eigenvalue weighted by Crippen LogP contribution is 2.22. The van der Waals surface area contributed by atoms with Gasteiger partial charge in [-0.15, -0.1) is 0 Å². The van der Waals surface area contributed by atoms with Gasteiger partial charge in [0, 0.05) is 25.7 Å². The van der Waals surface area contributed by atoms with Crippen LogP contribution in [0.15, 0.2) is 22.6 Å². The Bertz CT molecular complexity index is 504. The fraction of sp³-hybridized carbons (Fsp3) is 0.200. The van der Waals surface area contributed by atoms with Crippen LogP contribution in [0.3, 0.4) is 0 Å². The molecule has 0 unspecified atom stereocenters. The maximum atomic E-state index is 10.8. The fourth-order valence-corrected chi connectivity index (χ4v) is 1.28. The highest BCUT2D eigenvalue weighted by atomic mass is 16.4. The molecule has 2 aromatic rings. The molecule has 1 aromatic heterocycles. The van der Waals surface area contributed by atoms with Crippen molar-refractivity contribution in [3.05, 3.63) is 18.2 Å². The van der Waals surface area contributed by atoms with Crippen LogP contribution < -0.4 is 10.6 Å². The molecule has 0 atom stereocenters. The molecule has 5 heteroatoms. The topological polar surface area (TPSA) is 67.2 Å². The smallest absolute Gasteiger partial charge is 0.302 e. The number of anilines is 2. The van der Waals surface area contributed by atoms with E-state index in [-0.39, 0.29) is 11.9 Å². The number of hydrogen-bond donors (Lipinski definition) is 2. The minimum atomic E-state index is -0.199. The van der Waals surface area contributed by atoms with E-state index in [9.17, 15) is 4.79 Å². The molecule has 0 saturated carbocycles. The second kappa shape index (κ2) is 3.61. The summed E-state index contributed by atoms with van der Waals surface area (Å²) in [5.74, 6) is -0.199. The summed E-state index contributed by atoms with van der Waals surface area (Å²) in [5, 5.41) is 5.49. The summed E-state index contributed by atoms with van der Waals surface area (Å²) < 4.78 is 5.34. The van der Waals surface area contributed by atoms with Gasteiger partial charge in [0.15, 0.2) is 5.58 Å². The second-order valence-corrected chi connectivity index (χ2v) is 3.13. The van der Waals surface area contributed by atoms with E-state index in [2.05, 4.69) is 15.6 Å². The molecule has 2 rings (SSSR count). The zero-order valence-electron chi connectivity index (χ0n) is 8.50. The van der Waals surface area contributed by atoms with Gasteiger partial charge in [-0.05, 0) is 12.1 Å². The average Bonchev–Trinajstić information content (AvgIpc) is 2.57. The van der Waals surface area contributed by atoms with Crippen molar-refractivity contribution in [2.45, 2.75) is 6.92 Å². The molecule has 0 aliphatic rings. The van der Waals surface area contributed by atoms with Crippen molar-refractivity contribution in [2.24, 2.45) is 0 Å². The van der Waals surface area contributed by atoms with Crippen LogP contribution >= 0.6 is 0 Å². The molecule has 2 N–H and O–H groups in total. The van der Waals surface area contributed by atoms with Crippen molar-refractivity contribution in [1.29, 1.82) is 0 Å². The first kappa shape index (κ1) is 9.51. The lowest BCUT2D eigenvalue weighted by Crippen LogP contribution is -2.05. The van der Waals surface area contributed by atoms with Gasteiger partial charge in [-0.25, -0.2) is 0 Å². The van der Waals surface area contributed by atoms with E-state index in [0.29, 0.717) is 5.58 Å². The second-order valence-electron chi connectivity index (χ2n) is 3.13. The van der Waals surface area contributed by atoms with Crippen LogP contribution in [-0.4, -0.2) is 17.9 Å². The SMILES string of the molecule is CNc1ccc2nc(NC(C)=O)oc2c1. The largest absolute Gasteiger partial charge is 0.423 e. The lowest BCUT2D eigenvalue weighted by atomic mass is 10.3. The Morgan fingerprint density at radius 1 is 1.47 bits per heavy atom. The third-order valence-corrected chi connectivity index (χ3v) is 1.96. The number of aromatic nitrogens is 1. The zero-order chi connectivity index (χ0) is 10.8. The van der Waals surface area contributed by atoms with Gasteiger partial charge in [0.05, 0.1) is 0 Å². The summed E-state index contributed by atoms with van der Waals surface area (Å²) in [6, 6.07) is 5.78. The number of hydrogen-bond acceptors (Lipinski definition) is 4. The summed E-state index contributed by atoms with van der Waals surface area (Å²) in [6.45, 7) is 1.41. The summed E-state index contributed by atoms with van der Waals surface area (Å²) in [6.07, 6.45) is 0. The summed E-state index contributed by atoms with van der Waals surface area (Å²) >= 11 is 0. The van der Waals surface area contributed by atoms with E-state index in [1.807, 2.05) is 25.2 Å². The number of nitrogens with one attached hydrogen (secondary N) is 2. The third kappa shape index (κ3) is 1.90. The average molecular weight is 205 g/mol. The molecule has 0 spiro atoms. The Hall–Kier alpha value is -2.04. The highest BCUT2D eigenvalue weighted by molar-refractivity contribution is 5.88. The lowest BCUT2D eigenvalue weighted by Gasteiger charge is -1.96. The Morgan fingerprint density at radius 3 is 2.93 bits per heavy atom. The number of oxazole rings is 1. The maximum absolute atomic E-state index is 10.8. The first-order chi connectivity index (χ1) is 7.19. The first-order valence-corrected chi connectivity index (χ1v) is 4.55. The number of amides is 1. The van der Waals surface area contributed by atoms with Gasteiger partial charge in [0.2, 0.25) is 5.91 Å². The summed E-state index contributed by atoms with van der Waals surface area (Å²) in [5.41, 5.74) is 2.30. The van der Waals surface area contributed by atoms with E-state index in [0.717, 1.165) is 11.2 Å². The molecule has 0 aliphatic heterocycles. The number of nitrogens with zero attached hydrogens (tertiary/aromatic N) is 1. The number of fused-ring (bicyclic) bond motifs is 1. The van der Waals surface area contributed by atoms with Crippen molar-refractivity contribution in [2.75, 3.05) is 17.7 Å². The molecule has 1 aromatic carbocycles. The fourth-order valence-electron chi connectivity index (χ4n) is 1.28. The van der Waals surface area contributed by atoms with E-state index in [1.165, 1.54) is 6.92 Å². The molecule has 1 amide bonds. The van der Waals surface area contributed by atoms with Crippen molar-refractivity contribution in [1.82, 2.24) is 4.98 Å². The normalized spacial score (nSPS) is 10.3. The van der Waals surface area contributed by atoms with Crippen LogP contribution in [0.1, 0.15) is 6.92 Å². The van der Waals surface area contributed by atoms with Crippen molar-refractivity contribution < 1.29 is 9.21 Å². The Labute approximate surface area is 86.5 Å². The lowest BCUT2D eigenvalue weighted by molar-refractivity contribution is -0.114. The number of carbonyl (C=O) groups is 1. The van der Waals surface area contributed by atoms with Crippen LogP contribution in [0.4, 0.5) is 11.7 Å². The van der Waals surface area contributed by atoms with Crippen LogP contribution in [0.25, 0.3) is 11.1 Å². The predicted molar refractivity (Wildman–Crippen MR) is 57.9 cm³/mol. The summed E-state index contributed by atoms with van der Waals surface area (Å²) in [4.78, 5) is 14.9. The number of benzene rings is 1. The molecule has 0 radical (unpaired) electrons. The number of carbonyl (C=O) groups excluding carboxylic acids is 1. The van der Waals surface area contributed by atoms with Crippen LogP contribution in [0, 0.1) is 0 Å². The van der Waals surface area contributed by atoms with Gasteiger partial charge in [-0.2, -0.15) is 4.98 Å². The van der Waals surface area contributed by atoms with E-state index in [1.54, 1.807) is 0 Å². The molecule has 0 fully saturated rings. The van der Waals surface area contributed by atoms with E-state index >= 15 is 0 Å². The standard InChI is InChI=1S/C10H11N3O2/c1-6(14)12-10-13-8-4-3-7(11-2)5-9(8)15-10/h3-5,11H,1-2H3,(H,12,13,14). The molecular formula is C10H11N3O2. The van der Waals surface area contributed by atoms with Gasteiger partial charge < -0.3 is 9.73 Å². The van der Waals surface area contributed by atoms with Gasteiger partial charge in [-0.3, -0.25) is 10.1 Å². The first-order valence-electron chi connectivity index (χ1n) is 4.55. The van der Waals surface area contributed by atoms with Crippen LogP contribution in [0.2, 0.25) is 0 Å². The van der Waals surface area contributed by atoms with Gasteiger partial charge in [0.25, 0.3) is 0 Å². The molecule has 0 bridgehead atoms. The van der Waals surface area contributed by atoms with Crippen molar-refractivity contribution in [3.63, 3.8) is 0 Å².